The first kappa shape index (κ1) is 9.21. The average Bonchev–Trinajstić information content (AvgIpc) is 2.44. The summed E-state index contributed by atoms with van der Waals surface area (Å²) in [5.74, 6) is 0.973. The summed E-state index contributed by atoms with van der Waals surface area (Å²) < 4.78 is 0. The molecule has 14 heavy (non-hydrogen) atoms. The summed E-state index contributed by atoms with van der Waals surface area (Å²) in [5, 5.41) is 0. The molecule has 0 fully saturated rings. The Morgan fingerprint density at radius 2 is 2.29 bits per heavy atom. The van der Waals surface area contributed by atoms with Gasteiger partial charge in [-0.25, -0.2) is 4.98 Å². The van der Waals surface area contributed by atoms with Crippen molar-refractivity contribution < 1.29 is 0 Å². The third-order valence-corrected chi connectivity index (χ3v) is 2.20. The molecule has 1 unspecified atom stereocenters. The average molecular weight is 189 g/mol. The Morgan fingerprint density at radius 3 is 3.00 bits per heavy atom. The smallest absolute Gasteiger partial charge is 0.108 e. The maximum atomic E-state index is 5.72. The van der Waals surface area contributed by atoms with Crippen LogP contribution in [0.3, 0.4) is 0 Å². The van der Waals surface area contributed by atoms with E-state index in [1.165, 1.54) is 5.56 Å². The molecule has 2 aromatic rings. The number of nitrogens with one attached hydrogen (secondary N) is 1. The lowest BCUT2D eigenvalue weighted by molar-refractivity contribution is 0.712. The molecule has 0 saturated carbocycles. The second kappa shape index (κ2) is 3.42. The molecular formula is C11H15N3. The number of imidazole rings is 1. The molecular weight excluding hydrogens is 174 g/mol. The highest BCUT2D eigenvalue weighted by atomic mass is 14.9. The number of benzene rings is 1. The highest BCUT2D eigenvalue weighted by molar-refractivity contribution is 5.75. The van der Waals surface area contributed by atoms with Crippen LogP contribution in [-0.2, 0) is 6.42 Å². The van der Waals surface area contributed by atoms with Crippen molar-refractivity contribution >= 4 is 11.0 Å². The van der Waals surface area contributed by atoms with E-state index >= 15 is 0 Å². The molecule has 2 rings (SSSR count). The minimum absolute atomic E-state index is 0.150. The fourth-order valence-electron chi connectivity index (χ4n) is 1.58. The third-order valence-electron chi connectivity index (χ3n) is 2.20. The standard InChI is InChI=1S/C11H15N3/c1-7-3-4-9-10(5-7)14-11(13-9)6-8(2)12/h3-5,8H,6,12H2,1-2H3,(H,13,14). The van der Waals surface area contributed by atoms with Crippen LogP contribution in [0, 0.1) is 6.92 Å². The summed E-state index contributed by atoms with van der Waals surface area (Å²) >= 11 is 0. The maximum Gasteiger partial charge on any atom is 0.108 e. The Morgan fingerprint density at radius 1 is 1.50 bits per heavy atom. The Balaban J connectivity index is 2.41. The Hall–Kier alpha value is -1.35. The van der Waals surface area contributed by atoms with Crippen molar-refractivity contribution in [3.8, 4) is 0 Å². The minimum atomic E-state index is 0.150. The summed E-state index contributed by atoms with van der Waals surface area (Å²) in [4.78, 5) is 7.74. The van der Waals surface area contributed by atoms with Crippen LogP contribution >= 0.6 is 0 Å². The highest BCUT2D eigenvalue weighted by Crippen LogP contribution is 2.13. The first-order valence-corrected chi connectivity index (χ1v) is 4.86. The van der Waals surface area contributed by atoms with Gasteiger partial charge in [-0.15, -0.1) is 0 Å². The first-order chi connectivity index (χ1) is 6.65. The number of H-pyrrole nitrogens is 1. The van der Waals surface area contributed by atoms with Gasteiger partial charge in [-0.2, -0.15) is 0 Å². The fourth-order valence-corrected chi connectivity index (χ4v) is 1.58. The van der Waals surface area contributed by atoms with E-state index in [1.54, 1.807) is 0 Å². The lowest BCUT2D eigenvalue weighted by Gasteiger charge is -1.98. The van der Waals surface area contributed by atoms with E-state index in [0.717, 1.165) is 23.3 Å². The number of aryl methyl sites for hydroxylation is 1. The van der Waals surface area contributed by atoms with Gasteiger partial charge in [0, 0.05) is 12.5 Å². The van der Waals surface area contributed by atoms with Crippen LogP contribution in [0.1, 0.15) is 18.3 Å². The van der Waals surface area contributed by atoms with Gasteiger partial charge in [-0.1, -0.05) is 6.07 Å². The van der Waals surface area contributed by atoms with Crippen molar-refractivity contribution in [2.45, 2.75) is 26.3 Å². The Bertz CT molecular complexity index is 443. The zero-order valence-electron chi connectivity index (χ0n) is 8.54. The monoisotopic (exact) mass is 189 g/mol. The van der Waals surface area contributed by atoms with E-state index in [0.29, 0.717) is 0 Å². The third kappa shape index (κ3) is 1.77. The number of aromatic nitrogens is 2. The van der Waals surface area contributed by atoms with Crippen LogP contribution in [0.4, 0.5) is 0 Å². The normalized spacial score (nSPS) is 13.4. The molecule has 0 saturated heterocycles. The molecule has 0 spiro atoms. The van der Waals surface area contributed by atoms with Gasteiger partial charge >= 0.3 is 0 Å². The fraction of sp³-hybridized carbons (Fsp3) is 0.364. The summed E-state index contributed by atoms with van der Waals surface area (Å²) in [6, 6.07) is 6.36. The van der Waals surface area contributed by atoms with Gasteiger partial charge in [0.1, 0.15) is 5.82 Å². The molecule has 0 radical (unpaired) electrons. The molecule has 0 aliphatic carbocycles. The van der Waals surface area contributed by atoms with E-state index in [1.807, 2.05) is 13.0 Å². The van der Waals surface area contributed by atoms with Gasteiger partial charge in [0.2, 0.25) is 0 Å². The van der Waals surface area contributed by atoms with Crippen molar-refractivity contribution in [3.05, 3.63) is 29.6 Å². The van der Waals surface area contributed by atoms with Gasteiger partial charge in [0.25, 0.3) is 0 Å². The molecule has 0 amide bonds. The lowest BCUT2D eigenvalue weighted by Crippen LogP contribution is -2.18. The van der Waals surface area contributed by atoms with Crippen LogP contribution in [0.15, 0.2) is 18.2 Å². The summed E-state index contributed by atoms with van der Waals surface area (Å²) in [6.07, 6.45) is 0.799. The minimum Gasteiger partial charge on any atom is -0.342 e. The molecule has 0 aliphatic rings. The molecule has 3 N–H and O–H groups in total. The molecule has 1 atom stereocenters. The highest BCUT2D eigenvalue weighted by Gasteiger charge is 2.04. The van der Waals surface area contributed by atoms with Gasteiger partial charge < -0.3 is 10.7 Å². The molecule has 74 valence electrons. The predicted molar refractivity (Wildman–Crippen MR) is 58.2 cm³/mol. The van der Waals surface area contributed by atoms with Crippen LogP contribution in [0.2, 0.25) is 0 Å². The van der Waals surface area contributed by atoms with Crippen molar-refractivity contribution in [3.63, 3.8) is 0 Å². The van der Waals surface area contributed by atoms with Crippen LogP contribution in [0.5, 0.6) is 0 Å². The van der Waals surface area contributed by atoms with Crippen LogP contribution in [0.25, 0.3) is 11.0 Å². The van der Waals surface area contributed by atoms with E-state index in [2.05, 4.69) is 29.0 Å². The number of nitrogens with zero attached hydrogens (tertiary/aromatic N) is 1. The number of hydrogen-bond donors (Lipinski definition) is 2. The second-order valence-corrected chi connectivity index (χ2v) is 3.89. The van der Waals surface area contributed by atoms with Gasteiger partial charge in [-0.3, -0.25) is 0 Å². The second-order valence-electron chi connectivity index (χ2n) is 3.89. The van der Waals surface area contributed by atoms with Crippen molar-refractivity contribution in [2.75, 3.05) is 0 Å². The number of nitrogens with two attached hydrogens (primary N) is 1. The van der Waals surface area contributed by atoms with E-state index in [4.69, 9.17) is 5.73 Å². The number of hydrogen-bond acceptors (Lipinski definition) is 2. The Kier molecular flexibility index (Phi) is 2.25. The molecule has 3 heteroatoms. The van der Waals surface area contributed by atoms with E-state index in [-0.39, 0.29) is 6.04 Å². The maximum absolute atomic E-state index is 5.72. The Labute approximate surface area is 83.3 Å². The van der Waals surface area contributed by atoms with Gasteiger partial charge in [0.05, 0.1) is 11.0 Å². The molecule has 0 bridgehead atoms. The van der Waals surface area contributed by atoms with E-state index in [9.17, 15) is 0 Å². The quantitative estimate of drug-likeness (QED) is 0.756. The van der Waals surface area contributed by atoms with Crippen LogP contribution < -0.4 is 5.73 Å². The lowest BCUT2D eigenvalue weighted by atomic mass is 10.2. The van der Waals surface area contributed by atoms with Crippen molar-refractivity contribution in [2.24, 2.45) is 5.73 Å². The number of fused-ring (bicyclic) bond motifs is 1. The molecule has 1 aromatic heterocycles. The van der Waals surface area contributed by atoms with E-state index < -0.39 is 0 Å². The number of rotatable bonds is 2. The largest absolute Gasteiger partial charge is 0.342 e. The van der Waals surface area contributed by atoms with Crippen LogP contribution in [-0.4, -0.2) is 16.0 Å². The zero-order chi connectivity index (χ0) is 10.1. The van der Waals surface area contributed by atoms with Gasteiger partial charge in [0.15, 0.2) is 0 Å². The number of aromatic amines is 1. The topological polar surface area (TPSA) is 54.7 Å². The summed E-state index contributed by atoms with van der Waals surface area (Å²) in [7, 11) is 0. The predicted octanol–water partition coefficient (Wildman–Crippen LogP) is 1.76. The summed E-state index contributed by atoms with van der Waals surface area (Å²) in [6.45, 7) is 4.06. The summed E-state index contributed by atoms with van der Waals surface area (Å²) in [5.41, 5.74) is 9.08. The molecule has 1 heterocycles. The van der Waals surface area contributed by atoms with Crippen molar-refractivity contribution in [1.82, 2.24) is 9.97 Å². The SMILES string of the molecule is Cc1ccc2nc(CC(C)N)[nH]c2c1. The first-order valence-electron chi connectivity index (χ1n) is 4.86. The molecule has 1 aromatic carbocycles. The van der Waals surface area contributed by atoms with Crippen molar-refractivity contribution in [1.29, 1.82) is 0 Å². The molecule has 3 nitrogen and oxygen atoms in total. The zero-order valence-corrected chi connectivity index (χ0v) is 8.54. The molecule has 0 aliphatic heterocycles. The van der Waals surface area contributed by atoms with Gasteiger partial charge in [-0.05, 0) is 31.5 Å².